The van der Waals surface area contributed by atoms with Crippen molar-refractivity contribution in [2.75, 3.05) is 38.5 Å². The van der Waals surface area contributed by atoms with Gasteiger partial charge in [0.15, 0.2) is 0 Å². The van der Waals surface area contributed by atoms with Crippen molar-refractivity contribution in [3.63, 3.8) is 0 Å². The van der Waals surface area contributed by atoms with Gasteiger partial charge in [-0.25, -0.2) is 0 Å². The summed E-state index contributed by atoms with van der Waals surface area (Å²) in [5.74, 6) is -0.418. The maximum absolute atomic E-state index is 12.6. The van der Waals surface area contributed by atoms with Crippen molar-refractivity contribution < 1.29 is 32.6 Å². The van der Waals surface area contributed by atoms with Crippen molar-refractivity contribution in [2.24, 2.45) is 0 Å². The van der Waals surface area contributed by atoms with Crippen LogP contribution < -0.4 is 0 Å². The molecule has 0 aromatic carbocycles. The van der Waals surface area contributed by atoms with Gasteiger partial charge in [-0.3, -0.25) is 18.8 Å². The molecule has 0 aliphatic carbocycles. The van der Waals surface area contributed by atoms with E-state index in [1.165, 1.54) is 0 Å². The summed E-state index contributed by atoms with van der Waals surface area (Å²) in [6.07, 6.45) is 6.89. The highest BCUT2D eigenvalue weighted by Crippen LogP contribution is 2.10. The number of unbranched alkanes of at least 4 members (excludes halogenated alkanes) is 3. The Balaban J connectivity index is 2.71. The lowest BCUT2D eigenvalue weighted by molar-refractivity contribution is -0.525. The third-order valence-corrected chi connectivity index (χ3v) is 5.01. The van der Waals surface area contributed by atoms with Crippen LogP contribution in [-0.4, -0.2) is 88.9 Å². The molecule has 0 bridgehead atoms. The third kappa shape index (κ3) is 8.39. The molecule has 0 saturated carbocycles. The van der Waals surface area contributed by atoms with Gasteiger partial charge >= 0.3 is 5.84 Å². The Morgan fingerprint density at radius 2 is 2.08 bits per heavy atom. The molecule has 26 heavy (non-hydrogen) atoms. The molecule has 0 aromatic heterocycles. The molecule has 8 nitrogen and oxygen atoms in total. The van der Waals surface area contributed by atoms with E-state index in [-0.39, 0.29) is 18.9 Å². The lowest BCUT2D eigenvalue weighted by Gasteiger charge is -2.13. The number of aliphatic hydroxyl groups is 2. The highest BCUT2D eigenvalue weighted by atomic mass is 32.2. The summed E-state index contributed by atoms with van der Waals surface area (Å²) in [6.45, 7) is 3.13. The molecule has 9 heteroatoms. The van der Waals surface area contributed by atoms with E-state index >= 15 is 0 Å². The first-order valence-corrected chi connectivity index (χ1v) is 10.6. The van der Waals surface area contributed by atoms with E-state index in [9.17, 15) is 23.4 Å². The zero-order valence-corrected chi connectivity index (χ0v) is 16.2. The first kappa shape index (κ1) is 22.8. The number of amidine groups is 1. The molecule has 1 aliphatic heterocycles. The maximum Gasteiger partial charge on any atom is 0.316 e. The quantitative estimate of drug-likeness (QED) is 0.176. The van der Waals surface area contributed by atoms with Gasteiger partial charge in [-0.1, -0.05) is 18.6 Å². The van der Waals surface area contributed by atoms with Crippen LogP contribution >= 0.6 is 0 Å². The van der Waals surface area contributed by atoms with Crippen molar-refractivity contribution in [3.8, 4) is 0 Å². The monoisotopic (exact) mass is 391 g/mol. The molecular formula is C17H31N2O6S+. The normalized spacial score (nSPS) is 16.7. The molecule has 1 aliphatic rings. The number of carbonyl (C=O) groups is 1. The van der Waals surface area contributed by atoms with E-state index in [0.29, 0.717) is 31.9 Å². The van der Waals surface area contributed by atoms with Crippen molar-refractivity contribution in [2.45, 2.75) is 45.1 Å². The number of Topliss-reactive ketones (excluding diaryl/α,β-unsaturated/α-hetero) is 1. The Hall–Kier alpha value is -1.29. The van der Waals surface area contributed by atoms with Crippen LogP contribution in [-0.2, 0) is 14.9 Å². The van der Waals surface area contributed by atoms with Gasteiger partial charge in [0.05, 0.1) is 6.61 Å². The number of aliphatic hydroxyl groups excluding tert-OH is 2. The fourth-order valence-corrected chi connectivity index (χ4v) is 3.67. The van der Waals surface area contributed by atoms with Gasteiger partial charge in [-0.05, 0) is 26.2 Å². The van der Waals surface area contributed by atoms with E-state index in [0.717, 1.165) is 25.7 Å². The Labute approximate surface area is 155 Å². The molecule has 3 N–H and O–H groups in total. The summed E-state index contributed by atoms with van der Waals surface area (Å²) in [4.78, 5) is 14.4. The van der Waals surface area contributed by atoms with E-state index in [4.69, 9.17) is 4.55 Å². The van der Waals surface area contributed by atoms with Gasteiger partial charge in [0.1, 0.15) is 38.0 Å². The number of hydrogen-bond donors (Lipinski definition) is 3. The molecule has 1 unspecified atom stereocenters. The van der Waals surface area contributed by atoms with Crippen LogP contribution in [0.3, 0.4) is 0 Å². The molecule has 1 rings (SSSR count). The molecule has 150 valence electrons. The van der Waals surface area contributed by atoms with Crippen LogP contribution in [0.4, 0.5) is 0 Å². The van der Waals surface area contributed by atoms with Crippen LogP contribution in [0.2, 0.25) is 0 Å². The Bertz CT molecular complexity index is 615. The number of β-amino-alcohol motifs (C(OH)–C–C–N with tert-alkyl or cyclic N) is 2. The number of rotatable bonds is 13. The number of nitrogens with zero attached hydrogens (tertiary/aromatic N) is 2. The fraction of sp³-hybridized carbons (Fsp3) is 0.765. The Morgan fingerprint density at radius 3 is 2.69 bits per heavy atom. The number of ketones is 1. The second kappa shape index (κ2) is 11.4. The standard InChI is InChI=1S/C17H30N2O6S/c1-2-3-4-5-6-7-8-16(22)17-18(11-12-20)9-10-19(17)13-15(21)14-26(23,24)25/h2-3,15,20-21H,4-14H2,1H3/p+1/b3-2+. The molecule has 0 amide bonds. The molecule has 1 heterocycles. The van der Waals surface area contributed by atoms with Gasteiger partial charge in [-0.15, -0.1) is 0 Å². The predicted molar refractivity (Wildman–Crippen MR) is 99.0 cm³/mol. The zero-order chi connectivity index (χ0) is 19.6. The van der Waals surface area contributed by atoms with Crippen molar-refractivity contribution in [1.82, 2.24) is 4.90 Å². The van der Waals surface area contributed by atoms with Crippen molar-refractivity contribution in [1.29, 1.82) is 0 Å². The number of hydrogen-bond acceptors (Lipinski definition) is 6. The minimum absolute atomic E-state index is 0.0515. The van der Waals surface area contributed by atoms with Gasteiger partial charge in [0.2, 0.25) is 5.78 Å². The molecule has 0 aromatic rings. The van der Waals surface area contributed by atoms with Crippen LogP contribution in [0, 0.1) is 0 Å². The fourth-order valence-electron chi connectivity index (χ4n) is 3.08. The molecular weight excluding hydrogens is 360 g/mol. The molecule has 0 fully saturated rings. The summed E-state index contributed by atoms with van der Waals surface area (Å²) < 4.78 is 32.3. The predicted octanol–water partition coefficient (Wildman–Crippen LogP) is 0.0497. The van der Waals surface area contributed by atoms with E-state index < -0.39 is 22.0 Å². The summed E-state index contributed by atoms with van der Waals surface area (Å²) in [5, 5.41) is 19.1. The topological polar surface area (TPSA) is 118 Å². The minimum atomic E-state index is -4.28. The lowest BCUT2D eigenvalue weighted by atomic mass is 10.1. The second-order valence-corrected chi connectivity index (χ2v) is 7.97. The van der Waals surface area contributed by atoms with Crippen LogP contribution in [0.15, 0.2) is 12.2 Å². The van der Waals surface area contributed by atoms with Crippen molar-refractivity contribution >= 4 is 21.7 Å². The molecule has 0 saturated heterocycles. The SMILES string of the molecule is C/C=C/CCCCCC(=O)C1=[N+](CC(O)CS(=O)(=O)O)CCN1CCO. The van der Waals surface area contributed by atoms with Gasteiger partial charge in [0.25, 0.3) is 10.1 Å². The van der Waals surface area contributed by atoms with Crippen LogP contribution in [0.1, 0.15) is 39.0 Å². The molecule has 1 atom stereocenters. The average molecular weight is 392 g/mol. The van der Waals surface area contributed by atoms with Gasteiger partial charge in [0, 0.05) is 6.42 Å². The molecule has 0 radical (unpaired) electrons. The second-order valence-electron chi connectivity index (χ2n) is 6.47. The lowest BCUT2D eigenvalue weighted by Crippen LogP contribution is -2.40. The van der Waals surface area contributed by atoms with Gasteiger partial charge < -0.3 is 10.2 Å². The zero-order valence-electron chi connectivity index (χ0n) is 15.4. The maximum atomic E-state index is 12.6. The third-order valence-electron chi connectivity index (χ3n) is 4.20. The highest BCUT2D eigenvalue weighted by molar-refractivity contribution is 7.85. The van der Waals surface area contributed by atoms with Crippen molar-refractivity contribution in [3.05, 3.63) is 12.2 Å². The number of allylic oxidation sites excluding steroid dienone is 2. The van der Waals surface area contributed by atoms with Gasteiger partial charge in [-0.2, -0.15) is 8.42 Å². The summed E-state index contributed by atoms with van der Waals surface area (Å²) in [5.41, 5.74) is 0. The highest BCUT2D eigenvalue weighted by Gasteiger charge is 2.36. The summed E-state index contributed by atoms with van der Waals surface area (Å²) in [7, 11) is -4.28. The number of carbonyl (C=O) groups excluding carboxylic acids is 1. The first-order chi connectivity index (χ1) is 12.3. The van der Waals surface area contributed by atoms with E-state index in [2.05, 4.69) is 6.08 Å². The Morgan fingerprint density at radius 1 is 1.35 bits per heavy atom. The van der Waals surface area contributed by atoms with Crippen LogP contribution in [0.25, 0.3) is 0 Å². The summed E-state index contributed by atoms with van der Waals surface area (Å²) >= 11 is 0. The van der Waals surface area contributed by atoms with Crippen LogP contribution in [0.5, 0.6) is 0 Å². The van der Waals surface area contributed by atoms with E-state index in [1.54, 1.807) is 9.48 Å². The first-order valence-electron chi connectivity index (χ1n) is 9.03. The molecule has 0 spiro atoms. The Kier molecular flexibility index (Phi) is 10.0. The largest absolute Gasteiger partial charge is 0.392 e. The average Bonchev–Trinajstić information content (AvgIpc) is 2.91. The smallest absolute Gasteiger partial charge is 0.316 e. The van der Waals surface area contributed by atoms with E-state index in [1.807, 2.05) is 13.0 Å². The summed E-state index contributed by atoms with van der Waals surface area (Å²) in [6, 6.07) is 0. The minimum Gasteiger partial charge on any atom is -0.392 e.